The van der Waals surface area contributed by atoms with Gasteiger partial charge in [-0.25, -0.2) is 4.98 Å². The van der Waals surface area contributed by atoms with Crippen LogP contribution in [0.1, 0.15) is 44.3 Å². The number of aryl methyl sites for hydroxylation is 2. The largest absolute Gasteiger partial charge is 0.357 e. The third-order valence-corrected chi connectivity index (χ3v) is 4.60. The van der Waals surface area contributed by atoms with Crippen LogP contribution in [0.15, 0.2) is 10.4 Å². The Hall–Kier alpha value is -0.900. The van der Waals surface area contributed by atoms with Crippen LogP contribution in [0.5, 0.6) is 0 Å². The molecule has 0 unspecified atom stereocenters. The smallest absolute Gasteiger partial charge is 0.224 e. The zero-order valence-electron chi connectivity index (χ0n) is 15.8. The maximum Gasteiger partial charge on any atom is 0.224 e. The third-order valence-electron chi connectivity index (χ3n) is 3.58. The van der Waals surface area contributed by atoms with E-state index >= 15 is 0 Å². The number of hydrogen-bond donors (Lipinski definition) is 2. The van der Waals surface area contributed by atoms with Crippen LogP contribution >= 0.6 is 35.3 Å². The van der Waals surface area contributed by atoms with Crippen molar-refractivity contribution in [3.05, 3.63) is 16.1 Å². The van der Waals surface area contributed by atoms with Crippen molar-refractivity contribution < 1.29 is 4.79 Å². The Morgan fingerprint density at radius 3 is 2.56 bits per heavy atom. The molecule has 0 bridgehead atoms. The highest BCUT2D eigenvalue weighted by Crippen LogP contribution is 2.10. The van der Waals surface area contributed by atoms with E-state index in [0.29, 0.717) is 13.0 Å². The number of aromatic nitrogens is 1. The zero-order chi connectivity index (χ0) is 17.8. The van der Waals surface area contributed by atoms with E-state index in [2.05, 4.69) is 26.0 Å². The molecule has 25 heavy (non-hydrogen) atoms. The fourth-order valence-corrected chi connectivity index (χ4v) is 3.12. The number of nitrogens with one attached hydrogen (secondary N) is 2. The van der Waals surface area contributed by atoms with Crippen molar-refractivity contribution in [1.29, 1.82) is 0 Å². The molecule has 0 fully saturated rings. The predicted molar refractivity (Wildman–Crippen MR) is 117 cm³/mol. The van der Waals surface area contributed by atoms with Crippen LogP contribution < -0.4 is 10.6 Å². The topological polar surface area (TPSA) is 69.6 Å². The molecule has 0 saturated carbocycles. The number of rotatable bonds is 10. The average molecular weight is 481 g/mol. The molecule has 1 aromatic heterocycles. The molecular formula is C17H32IN5OS. The fourth-order valence-electron chi connectivity index (χ4n) is 2.30. The Kier molecular flexibility index (Phi) is 13.8. The molecule has 0 atom stereocenters. The first-order valence-corrected chi connectivity index (χ1v) is 9.69. The average Bonchev–Trinajstić information content (AvgIpc) is 2.98. The standard InChI is InChI=1S/C17H31N5OS.HI/c1-5-18-17(20-12-10-16(23)22(6-2)7-3)19-11-8-9-15-21-14(4)13-24-15;/h13H,5-12H2,1-4H3,(H2,18,19,20);1H. The SMILES string of the molecule is CCNC(=NCCCc1nc(C)cs1)NCCC(=O)N(CC)CC.I. The van der Waals surface area contributed by atoms with E-state index in [4.69, 9.17) is 0 Å². The van der Waals surface area contributed by atoms with Crippen LogP contribution in [-0.2, 0) is 11.2 Å². The Bertz CT molecular complexity index is 517. The van der Waals surface area contributed by atoms with Gasteiger partial charge in [0.2, 0.25) is 5.91 Å². The summed E-state index contributed by atoms with van der Waals surface area (Å²) in [6, 6.07) is 0. The van der Waals surface area contributed by atoms with E-state index < -0.39 is 0 Å². The highest BCUT2D eigenvalue weighted by atomic mass is 127. The molecule has 0 aliphatic heterocycles. The molecule has 0 aliphatic rings. The Labute approximate surface area is 172 Å². The van der Waals surface area contributed by atoms with Crippen molar-refractivity contribution in [2.45, 2.75) is 47.0 Å². The minimum Gasteiger partial charge on any atom is -0.357 e. The van der Waals surface area contributed by atoms with Gasteiger partial charge in [-0.3, -0.25) is 9.79 Å². The molecule has 0 aliphatic carbocycles. The van der Waals surface area contributed by atoms with E-state index in [1.807, 2.05) is 32.6 Å². The molecule has 1 heterocycles. The summed E-state index contributed by atoms with van der Waals surface area (Å²) in [5.74, 6) is 0.961. The maximum absolute atomic E-state index is 12.0. The van der Waals surface area contributed by atoms with Crippen molar-refractivity contribution in [1.82, 2.24) is 20.5 Å². The highest BCUT2D eigenvalue weighted by Gasteiger charge is 2.09. The minimum absolute atomic E-state index is 0. The molecule has 2 N–H and O–H groups in total. The second kappa shape index (κ2) is 14.3. The van der Waals surface area contributed by atoms with Crippen molar-refractivity contribution in [2.75, 3.05) is 32.7 Å². The molecule has 6 nitrogen and oxygen atoms in total. The lowest BCUT2D eigenvalue weighted by Gasteiger charge is -2.19. The lowest BCUT2D eigenvalue weighted by Crippen LogP contribution is -2.40. The van der Waals surface area contributed by atoms with Crippen LogP contribution in [-0.4, -0.2) is 54.5 Å². The molecule has 144 valence electrons. The quantitative estimate of drug-likeness (QED) is 0.234. The summed E-state index contributed by atoms with van der Waals surface area (Å²) in [6.07, 6.45) is 2.42. The number of hydrogen-bond acceptors (Lipinski definition) is 4. The summed E-state index contributed by atoms with van der Waals surface area (Å²) in [5, 5.41) is 9.71. The number of amides is 1. The number of thiazole rings is 1. The van der Waals surface area contributed by atoms with Crippen LogP contribution in [0.4, 0.5) is 0 Å². The molecule has 0 spiro atoms. The summed E-state index contributed by atoms with van der Waals surface area (Å²) in [6.45, 7) is 11.8. The zero-order valence-corrected chi connectivity index (χ0v) is 18.9. The first-order valence-electron chi connectivity index (χ1n) is 8.81. The fraction of sp³-hybridized carbons (Fsp3) is 0.706. The van der Waals surface area contributed by atoms with E-state index in [9.17, 15) is 4.79 Å². The monoisotopic (exact) mass is 481 g/mol. The van der Waals surface area contributed by atoms with Gasteiger partial charge in [-0.2, -0.15) is 0 Å². The van der Waals surface area contributed by atoms with Crippen molar-refractivity contribution in [3.63, 3.8) is 0 Å². The number of carbonyl (C=O) groups excluding carboxylic acids is 1. The highest BCUT2D eigenvalue weighted by molar-refractivity contribution is 14.0. The maximum atomic E-state index is 12.0. The van der Waals surface area contributed by atoms with Crippen LogP contribution in [0.2, 0.25) is 0 Å². The molecule has 0 saturated heterocycles. The number of aliphatic imine (C=N–C) groups is 1. The lowest BCUT2D eigenvalue weighted by atomic mass is 10.3. The van der Waals surface area contributed by atoms with Crippen LogP contribution in [0.3, 0.4) is 0 Å². The lowest BCUT2D eigenvalue weighted by molar-refractivity contribution is -0.130. The normalized spacial score (nSPS) is 11.0. The number of nitrogens with zero attached hydrogens (tertiary/aromatic N) is 3. The van der Waals surface area contributed by atoms with Gasteiger partial charge in [-0.15, -0.1) is 35.3 Å². The van der Waals surface area contributed by atoms with Gasteiger partial charge < -0.3 is 15.5 Å². The number of carbonyl (C=O) groups is 1. The van der Waals surface area contributed by atoms with Gasteiger partial charge in [-0.1, -0.05) is 0 Å². The summed E-state index contributed by atoms with van der Waals surface area (Å²) >= 11 is 1.71. The van der Waals surface area contributed by atoms with Crippen molar-refractivity contribution in [2.24, 2.45) is 4.99 Å². The molecular weight excluding hydrogens is 449 g/mol. The first-order chi connectivity index (χ1) is 11.6. The molecule has 0 aromatic carbocycles. The van der Waals surface area contributed by atoms with E-state index in [-0.39, 0.29) is 29.9 Å². The van der Waals surface area contributed by atoms with Gasteiger partial charge in [0.15, 0.2) is 5.96 Å². The minimum atomic E-state index is 0. The Balaban J connectivity index is 0.00000576. The van der Waals surface area contributed by atoms with Crippen LogP contribution in [0, 0.1) is 6.92 Å². The van der Waals surface area contributed by atoms with E-state index in [1.54, 1.807) is 11.3 Å². The van der Waals surface area contributed by atoms with Gasteiger partial charge in [0.1, 0.15) is 0 Å². The van der Waals surface area contributed by atoms with Gasteiger partial charge >= 0.3 is 0 Å². The molecule has 0 radical (unpaired) electrons. The van der Waals surface area contributed by atoms with Crippen LogP contribution in [0.25, 0.3) is 0 Å². The molecule has 8 heteroatoms. The summed E-state index contributed by atoms with van der Waals surface area (Å²) in [4.78, 5) is 22.9. The van der Waals surface area contributed by atoms with Gasteiger partial charge in [-0.05, 0) is 34.1 Å². The second-order valence-electron chi connectivity index (χ2n) is 5.49. The number of guanidine groups is 1. The molecule has 1 aromatic rings. The van der Waals surface area contributed by atoms with E-state index in [0.717, 1.165) is 50.7 Å². The molecule has 1 rings (SSSR count). The van der Waals surface area contributed by atoms with Crippen molar-refractivity contribution in [3.8, 4) is 0 Å². The second-order valence-corrected chi connectivity index (χ2v) is 6.43. The van der Waals surface area contributed by atoms with E-state index in [1.165, 1.54) is 5.01 Å². The van der Waals surface area contributed by atoms with Gasteiger partial charge in [0.25, 0.3) is 0 Å². The third kappa shape index (κ3) is 9.98. The molecule has 1 amide bonds. The Morgan fingerprint density at radius 1 is 1.28 bits per heavy atom. The van der Waals surface area contributed by atoms with Crippen molar-refractivity contribution >= 4 is 47.2 Å². The summed E-state index contributed by atoms with van der Waals surface area (Å²) in [7, 11) is 0. The number of halogens is 1. The predicted octanol–water partition coefficient (Wildman–Crippen LogP) is 2.82. The summed E-state index contributed by atoms with van der Waals surface area (Å²) < 4.78 is 0. The Morgan fingerprint density at radius 2 is 2.00 bits per heavy atom. The summed E-state index contributed by atoms with van der Waals surface area (Å²) in [5.41, 5.74) is 1.09. The first kappa shape index (κ1) is 24.1. The van der Waals surface area contributed by atoms with Gasteiger partial charge in [0, 0.05) is 56.6 Å². The van der Waals surface area contributed by atoms with Gasteiger partial charge in [0.05, 0.1) is 5.01 Å².